The number of carbonyl (C=O) groups excluding carboxylic acids is 1. The summed E-state index contributed by atoms with van der Waals surface area (Å²) in [6, 6.07) is 7.64. The maximum absolute atomic E-state index is 12.9. The normalized spacial score (nSPS) is 32.9. The summed E-state index contributed by atoms with van der Waals surface area (Å²) in [7, 11) is 1.62. The molecule has 0 N–H and O–H groups in total. The van der Waals surface area contributed by atoms with Crippen LogP contribution in [0.25, 0.3) is 0 Å². The van der Waals surface area contributed by atoms with E-state index < -0.39 is 17.9 Å². The molecule has 6 nitrogen and oxygen atoms in total. The summed E-state index contributed by atoms with van der Waals surface area (Å²) in [5.41, 5.74) is -0.484. The highest BCUT2D eigenvalue weighted by Gasteiger charge is 2.60. The third-order valence-electron chi connectivity index (χ3n) is 4.72. The molecule has 0 saturated carbocycles. The van der Waals surface area contributed by atoms with Gasteiger partial charge >= 0.3 is 5.97 Å². The lowest BCUT2D eigenvalue weighted by atomic mass is 9.76. The van der Waals surface area contributed by atoms with Crippen molar-refractivity contribution in [1.29, 1.82) is 0 Å². The van der Waals surface area contributed by atoms with Crippen molar-refractivity contribution in [3.63, 3.8) is 0 Å². The number of cyclic esters (lactones) is 1. The minimum absolute atomic E-state index is 0.226. The van der Waals surface area contributed by atoms with E-state index in [1.54, 1.807) is 7.11 Å². The molecule has 2 aliphatic heterocycles. The fraction of sp³-hybridized carbons (Fsp3) is 0.611. The van der Waals surface area contributed by atoms with Crippen molar-refractivity contribution in [2.24, 2.45) is 15.6 Å². The molecule has 3 rings (SSSR count). The third-order valence-corrected chi connectivity index (χ3v) is 4.72. The SMILES string of the molecule is COc1cccc([C@@H]2CN=N[C@@]23C(=O)O[C@H](C(C)(C)C)O[C@@H]3C)c1. The first kappa shape index (κ1) is 16.9. The quantitative estimate of drug-likeness (QED) is 0.779. The van der Waals surface area contributed by atoms with E-state index >= 15 is 0 Å². The Morgan fingerprint density at radius 2 is 2.08 bits per heavy atom. The third kappa shape index (κ3) is 2.59. The lowest BCUT2D eigenvalue weighted by Gasteiger charge is -2.44. The second kappa shape index (κ2) is 5.84. The molecule has 0 unspecified atom stereocenters. The zero-order chi connectivity index (χ0) is 17.5. The standard InChI is InChI=1S/C18H24N2O4/c1-11-18(15(21)24-16(23-11)17(2,3)4)14(10-19-20-18)12-7-6-8-13(9-12)22-5/h6-9,11,14,16H,10H2,1-5H3/t11-,14+,16-,18-/m1/s1. The Morgan fingerprint density at radius 1 is 1.33 bits per heavy atom. The number of esters is 1. The number of ether oxygens (including phenoxy) is 3. The van der Waals surface area contributed by atoms with E-state index in [0.717, 1.165) is 11.3 Å². The first-order valence-corrected chi connectivity index (χ1v) is 8.18. The van der Waals surface area contributed by atoms with Gasteiger partial charge in [0.25, 0.3) is 0 Å². The number of hydrogen-bond acceptors (Lipinski definition) is 6. The molecule has 1 saturated heterocycles. The van der Waals surface area contributed by atoms with Gasteiger partial charge in [0.1, 0.15) is 5.75 Å². The van der Waals surface area contributed by atoms with Crippen molar-refractivity contribution in [3.05, 3.63) is 29.8 Å². The van der Waals surface area contributed by atoms with E-state index in [4.69, 9.17) is 14.2 Å². The average Bonchev–Trinajstić information content (AvgIpc) is 2.97. The van der Waals surface area contributed by atoms with Crippen LogP contribution in [0.1, 0.15) is 39.2 Å². The van der Waals surface area contributed by atoms with Crippen LogP contribution in [0.4, 0.5) is 0 Å². The molecule has 130 valence electrons. The Hall–Kier alpha value is -1.95. The van der Waals surface area contributed by atoms with Gasteiger partial charge in [-0.3, -0.25) is 0 Å². The molecule has 4 atom stereocenters. The van der Waals surface area contributed by atoms with Gasteiger partial charge in [0, 0.05) is 11.3 Å². The van der Waals surface area contributed by atoms with Crippen LogP contribution in [0.15, 0.2) is 34.5 Å². The number of hydrogen-bond donors (Lipinski definition) is 0. The largest absolute Gasteiger partial charge is 0.497 e. The Kier molecular flexibility index (Phi) is 4.11. The predicted octanol–water partition coefficient (Wildman–Crippen LogP) is 3.32. The predicted molar refractivity (Wildman–Crippen MR) is 88.1 cm³/mol. The number of methoxy groups -OCH3 is 1. The highest BCUT2D eigenvalue weighted by atomic mass is 16.7. The fourth-order valence-electron chi connectivity index (χ4n) is 3.27. The van der Waals surface area contributed by atoms with Crippen LogP contribution in [0.3, 0.4) is 0 Å². The highest BCUT2D eigenvalue weighted by Crippen LogP contribution is 2.46. The van der Waals surface area contributed by atoms with Crippen molar-refractivity contribution >= 4 is 5.97 Å². The molecule has 2 heterocycles. The summed E-state index contributed by atoms with van der Waals surface area (Å²) in [6.45, 7) is 8.23. The molecule has 0 aromatic heterocycles. The van der Waals surface area contributed by atoms with E-state index in [1.807, 2.05) is 52.0 Å². The molecule has 6 heteroatoms. The van der Waals surface area contributed by atoms with E-state index in [9.17, 15) is 4.79 Å². The first-order chi connectivity index (χ1) is 11.3. The van der Waals surface area contributed by atoms with Gasteiger partial charge in [-0.2, -0.15) is 10.2 Å². The minimum atomic E-state index is -1.13. The Morgan fingerprint density at radius 3 is 2.71 bits per heavy atom. The van der Waals surface area contributed by atoms with Crippen molar-refractivity contribution in [3.8, 4) is 5.75 Å². The van der Waals surface area contributed by atoms with Crippen molar-refractivity contribution in [2.75, 3.05) is 13.7 Å². The summed E-state index contributed by atoms with van der Waals surface area (Å²) in [5, 5.41) is 8.47. The molecule has 0 aliphatic carbocycles. The van der Waals surface area contributed by atoms with Crippen molar-refractivity contribution < 1.29 is 19.0 Å². The number of benzene rings is 1. The van der Waals surface area contributed by atoms with Gasteiger partial charge in [0.05, 0.1) is 19.8 Å². The minimum Gasteiger partial charge on any atom is -0.497 e. The number of rotatable bonds is 2. The molecular formula is C18H24N2O4. The second-order valence-electron chi connectivity index (χ2n) is 7.46. The van der Waals surface area contributed by atoms with E-state index in [-0.39, 0.29) is 17.3 Å². The first-order valence-electron chi connectivity index (χ1n) is 8.18. The van der Waals surface area contributed by atoms with Gasteiger partial charge < -0.3 is 14.2 Å². The molecular weight excluding hydrogens is 308 g/mol. The van der Waals surface area contributed by atoms with Gasteiger partial charge in [0.2, 0.25) is 11.8 Å². The molecule has 1 spiro atoms. The van der Waals surface area contributed by atoms with Gasteiger partial charge in [-0.05, 0) is 24.6 Å². The van der Waals surface area contributed by atoms with E-state index in [2.05, 4.69) is 10.2 Å². The number of nitrogens with zero attached hydrogens (tertiary/aromatic N) is 2. The monoisotopic (exact) mass is 332 g/mol. The average molecular weight is 332 g/mol. The van der Waals surface area contributed by atoms with Crippen LogP contribution in [-0.2, 0) is 14.3 Å². The summed E-state index contributed by atoms with van der Waals surface area (Å²) in [4.78, 5) is 12.9. The smallest absolute Gasteiger partial charge is 0.341 e. The lowest BCUT2D eigenvalue weighted by Crippen LogP contribution is -2.60. The summed E-state index contributed by atoms with van der Waals surface area (Å²) >= 11 is 0. The zero-order valence-corrected chi connectivity index (χ0v) is 14.8. The molecule has 24 heavy (non-hydrogen) atoms. The van der Waals surface area contributed by atoms with Crippen LogP contribution in [-0.4, -0.2) is 37.6 Å². The maximum atomic E-state index is 12.9. The van der Waals surface area contributed by atoms with Gasteiger partial charge in [-0.1, -0.05) is 32.9 Å². The maximum Gasteiger partial charge on any atom is 0.341 e. The molecule has 0 bridgehead atoms. The summed E-state index contributed by atoms with van der Waals surface area (Å²) in [6.07, 6.45) is -1.02. The van der Waals surface area contributed by atoms with Crippen molar-refractivity contribution in [1.82, 2.24) is 0 Å². The van der Waals surface area contributed by atoms with E-state index in [0.29, 0.717) is 6.54 Å². The Bertz CT molecular complexity index is 667. The zero-order valence-electron chi connectivity index (χ0n) is 14.8. The molecule has 0 amide bonds. The Balaban J connectivity index is 1.96. The van der Waals surface area contributed by atoms with E-state index in [1.165, 1.54) is 0 Å². The molecule has 1 aromatic carbocycles. The van der Waals surface area contributed by atoms with Crippen LogP contribution in [0, 0.1) is 5.41 Å². The number of azo groups is 1. The topological polar surface area (TPSA) is 69.5 Å². The highest BCUT2D eigenvalue weighted by molar-refractivity contribution is 5.84. The van der Waals surface area contributed by atoms with Crippen molar-refractivity contribution in [2.45, 2.75) is 51.5 Å². The van der Waals surface area contributed by atoms with Gasteiger partial charge in [0.15, 0.2) is 0 Å². The van der Waals surface area contributed by atoms with Crippen LogP contribution < -0.4 is 4.74 Å². The summed E-state index contributed by atoms with van der Waals surface area (Å²) in [5.74, 6) is 0.145. The van der Waals surface area contributed by atoms with Gasteiger partial charge in [-0.15, -0.1) is 0 Å². The lowest BCUT2D eigenvalue weighted by molar-refractivity contribution is -0.258. The molecule has 0 radical (unpaired) electrons. The molecule has 2 aliphatic rings. The van der Waals surface area contributed by atoms with Crippen LogP contribution >= 0.6 is 0 Å². The fourth-order valence-corrected chi connectivity index (χ4v) is 3.27. The van der Waals surface area contributed by atoms with Crippen LogP contribution in [0.5, 0.6) is 5.75 Å². The van der Waals surface area contributed by atoms with Gasteiger partial charge in [-0.25, -0.2) is 4.79 Å². The molecule has 1 aromatic rings. The number of carbonyl (C=O) groups is 1. The summed E-state index contributed by atoms with van der Waals surface area (Å²) < 4.78 is 17.0. The second-order valence-corrected chi connectivity index (χ2v) is 7.46. The Labute approximate surface area is 142 Å². The van der Waals surface area contributed by atoms with Crippen LogP contribution in [0.2, 0.25) is 0 Å². The molecule has 1 fully saturated rings.